The molecule has 0 amide bonds. The summed E-state index contributed by atoms with van der Waals surface area (Å²) < 4.78 is 34.0. The van der Waals surface area contributed by atoms with Crippen LogP contribution in [0, 0.1) is 0 Å². The van der Waals surface area contributed by atoms with Crippen LogP contribution in [0.4, 0.5) is 0 Å². The summed E-state index contributed by atoms with van der Waals surface area (Å²) >= 11 is 0. The minimum absolute atomic E-state index is 0.00271. The number of hydrogen-bond donors (Lipinski definition) is 1. The summed E-state index contributed by atoms with van der Waals surface area (Å²) in [6.07, 6.45) is 50.2. The molecule has 0 saturated heterocycles. The highest BCUT2D eigenvalue weighted by molar-refractivity contribution is 7.47. The lowest BCUT2D eigenvalue weighted by Crippen LogP contribution is -2.37. The van der Waals surface area contributed by atoms with Crippen LogP contribution >= 0.6 is 7.82 Å². The Morgan fingerprint density at radius 2 is 1.00 bits per heavy atom. The van der Waals surface area contributed by atoms with Gasteiger partial charge in [0.25, 0.3) is 0 Å². The first-order chi connectivity index (χ1) is 28.0. The van der Waals surface area contributed by atoms with Gasteiger partial charge in [-0.15, -0.1) is 0 Å². The molecule has 2 atom stereocenters. The Kier molecular flexibility index (Phi) is 38.1. The average molecular weight is 835 g/mol. The standard InChI is InChI=1S/C48H84NO8P/c1-6-8-10-12-14-16-18-20-22-23-24-25-27-29-31-33-35-37-39-41-48(51)57-46(45-56-58(52,53)55-43-42-49(3,4)5)44-54-47(50)40-38-36-34-32-30-28-26-21-19-17-15-13-11-9-7-2/h22-25,27,29,31,33,35,37,39,41,46H,6-21,26,28,30,32,34,36,38,40,42-45H2,1-5H3/p+1/b23-22-,25-24-,29-27-,33-31+,37-35?,41-39?/t46-/m1/s1. The molecule has 0 aliphatic heterocycles. The van der Waals surface area contributed by atoms with E-state index in [1.807, 2.05) is 57.6 Å². The van der Waals surface area contributed by atoms with Crippen molar-refractivity contribution in [2.45, 2.75) is 174 Å². The molecule has 0 fully saturated rings. The number of nitrogens with zero attached hydrogens (tertiary/aromatic N) is 1. The third kappa shape index (κ3) is 43.0. The van der Waals surface area contributed by atoms with Gasteiger partial charge in [0.05, 0.1) is 27.7 Å². The first-order valence-electron chi connectivity index (χ1n) is 22.8. The summed E-state index contributed by atoms with van der Waals surface area (Å²) in [5.74, 6) is -1.11. The van der Waals surface area contributed by atoms with Crippen LogP contribution in [0.5, 0.6) is 0 Å². The van der Waals surface area contributed by atoms with Gasteiger partial charge in [-0.2, -0.15) is 0 Å². The van der Waals surface area contributed by atoms with Crippen LogP contribution in [0.2, 0.25) is 0 Å². The van der Waals surface area contributed by atoms with Gasteiger partial charge in [0.1, 0.15) is 19.8 Å². The van der Waals surface area contributed by atoms with E-state index in [0.717, 1.165) is 25.7 Å². The molecule has 0 bridgehead atoms. The summed E-state index contributed by atoms with van der Waals surface area (Å²) in [4.78, 5) is 35.2. The number of rotatable bonds is 40. The van der Waals surface area contributed by atoms with Crippen molar-refractivity contribution in [3.05, 3.63) is 72.9 Å². The lowest BCUT2D eigenvalue weighted by Gasteiger charge is -2.24. The second-order valence-corrected chi connectivity index (χ2v) is 17.7. The minimum atomic E-state index is -4.42. The van der Waals surface area contributed by atoms with E-state index < -0.39 is 32.5 Å². The molecule has 58 heavy (non-hydrogen) atoms. The third-order valence-electron chi connectivity index (χ3n) is 9.48. The van der Waals surface area contributed by atoms with Gasteiger partial charge in [0.15, 0.2) is 6.10 Å². The summed E-state index contributed by atoms with van der Waals surface area (Å²) in [7, 11) is 1.38. The summed E-state index contributed by atoms with van der Waals surface area (Å²) in [6.45, 7) is 4.22. The maximum absolute atomic E-state index is 12.6. The highest BCUT2D eigenvalue weighted by Crippen LogP contribution is 2.43. The van der Waals surface area contributed by atoms with Crippen molar-refractivity contribution >= 4 is 19.8 Å². The lowest BCUT2D eigenvalue weighted by molar-refractivity contribution is -0.870. The third-order valence-corrected chi connectivity index (χ3v) is 10.5. The molecule has 0 rings (SSSR count). The summed E-state index contributed by atoms with van der Waals surface area (Å²) in [5, 5.41) is 0. The fourth-order valence-corrected chi connectivity index (χ4v) is 6.65. The van der Waals surface area contributed by atoms with Crippen molar-refractivity contribution in [3.63, 3.8) is 0 Å². The van der Waals surface area contributed by atoms with Crippen LogP contribution in [0.1, 0.15) is 168 Å². The van der Waals surface area contributed by atoms with E-state index in [-0.39, 0.29) is 19.6 Å². The monoisotopic (exact) mass is 835 g/mol. The van der Waals surface area contributed by atoms with Crippen LogP contribution in [-0.2, 0) is 32.7 Å². The largest absolute Gasteiger partial charge is 0.472 e. The topological polar surface area (TPSA) is 108 Å². The second kappa shape index (κ2) is 39.9. The number of phosphoric acid groups is 1. The fraction of sp³-hybridized carbons (Fsp3) is 0.708. The Hall–Kier alpha value is -2.55. The van der Waals surface area contributed by atoms with Gasteiger partial charge < -0.3 is 18.9 Å². The molecule has 9 nitrogen and oxygen atoms in total. The molecule has 0 aromatic carbocycles. The van der Waals surface area contributed by atoms with Crippen molar-refractivity contribution < 1.29 is 42.1 Å². The predicted molar refractivity (Wildman–Crippen MR) is 242 cm³/mol. The van der Waals surface area contributed by atoms with E-state index in [2.05, 4.69) is 26.0 Å². The van der Waals surface area contributed by atoms with E-state index in [1.54, 1.807) is 12.2 Å². The Morgan fingerprint density at radius 1 is 0.569 bits per heavy atom. The number of ether oxygens (including phenoxy) is 2. The molecule has 0 radical (unpaired) electrons. The first-order valence-corrected chi connectivity index (χ1v) is 24.3. The molecule has 0 aliphatic rings. The molecule has 10 heteroatoms. The van der Waals surface area contributed by atoms with E-state index >= 15 is 0 Å². The number of esters is 2. The molecule has 1 N–H and O–H groups in total. The average Bonchev–Trinajstić information content (AvgIpc) is 3.17. The molecule has 0 aliphatic carbocycles. The zero-order valence-electron chi connectivity index (χ0n) is 37.5. The molecule has 0 spiro atoms. The number of phosphoric ester groups is 1. The van der Waals surface area contributed by atoms with Crippen molar-refractivity contribution in [2.75, 3.05) is 47.5 Å². The molecule has 0 heterocycles. The molecule has 0 aromatic rings. The minimum Gasteiger partial charge on any atom is -0.462 e. The Morgan fingerprint density at radius 3 is 1.48 bits per heavy atom. The van der Waals surface area contributed by atoms with Crippen molar-refractivity contribution in [1.29, 1.82) is 0 Å². The Labute approximate surface area is 355 Å². The van der Waals surface area contributed by atoms with E-state index in [0.29, 0.717) is 11.0 Å². The molecular weight excluding hydrogens is 750 g/mol. The van der Waals surface area contributed by atoms with Gasteiger partial charge in [-0.25, -0.2) is 9.36 Å². The van der Waals surface area contributed by atoms with Crippen molar-refractivity contribution in [2.24, 2.45) is 0 Å². The van der Waals surface area contributed by atoms with Crippen LogP contribution in [0.25, 0.3) is 0 Å². The van der Waals surface area contributed by atoms with Gasteiger partial charge in [-0.1, -0.05) is 209 Å². The van der Waals surface area contributed by atoms with Crippen molar-refractivity contribution in [3.8, 4) is 0 Å². The van der Waals surface area contributed by atoms with E-state index in [1.165, 1.54) is 134 Å². The van der Waals surface area contributed by atoms with Gasteiger partial charge in [0.2, 0.25) is 0 Å². The van der Waals surface area contributed by atoms with Crippen LogP contribution in [-0.4, -0.2) is 74.9 Å². The fourth-order valence-electron chi connectivity index (χ4n) is 5.90. The SMILES string of the molecule is CCCCCCCCC\C=C/C=C\C=C/C=C/C=CC=CC(=O)O[C@H](COC(=O)CCCCCCCCCCCCCCCCC)COP(=O)(O)OCC[N+](C)(C)C. The van der Waals surface area contributed by atoms with Crippen LogP contribution in [0.3, 0.4) is 0 Å². The van der Waals surface area contributed by atoms with Gasteiger partial charge in [-0.05, 0) is 19.3 Å². The molecule has 0 saturated carbocycles. The Bertz CT molecular complexity index is 1220. The number of carbonyl (C=O) groups is 2. The van der Waals surface area contributed by atoms with E-state index in [4.69, 9.17) is 18.5 Å². The number of carbonyl (C=O) groups excluding carboxylic acids is 2. The first kappa shape index (κ1) is 55.5. The number of allylic oxidation sites excluding steroid dienone is 11. The number of quaternary nitrogens is 1. The smallest absolute Gasteiger partial charge is 0.462 e. The number of hydrogen-bond acceptors (Lipinski definition) is 7. The van der Waals surface area contributed by atoms with Crippen molar-refractivity contribution in [1.82, 2.24) is 0 Å². The molecular formula is C48H85NO8P+. The number of unbranched alkanes of at least 4 members (excludes halogenated alkanes) is 21. The molecule has 0 aromatic heterocycles. The van der Waals surface area contributed by atoms with Gasteiger partial charge in [-0.3, -0.25) is 13.8 Å². The van der Waals surface area contributed by atoms with Crippen LogP contribution in [0.15, 0.2) is 72.9 Å². The summed E-state index contributed by atoms with van der Waals surface area (Å²) in [5.41, 5.74) is 0. The number of likely N-dealkylation sites (N-methyl/N-ethyl adjacent to an activating group) is 1. The lowest BCUT2D eigenvalue weighted by atomic mass is 10.0. The molecule has 334 valence electrons. The predicted octanol–water partition coefficient (Wildman–Crippen LogP) is 13.0. The Balaban J connectivity index is 4.59. The highest BCUT2D eigenvalue weighted by atomic mass is 31.2. The van der Waals surface area contributed by atoms with Gasteiger partial charge >= 0.3 is 19.8 Å². The zero-order valence-corrected chi connectivity index (χ0v) is 38.4. The highest BCUT2D eigenvalue weighted by Gasteiger charge is 2.26. The maximum Gasteiger partial charge on any atom is 0.472 e. The van der Waals surface area contributed by atoms with Gasteiger partial charge in [0, 0.05) is 12.5 Å². The normalized spacial score (nSPS) is 14.2. The second-order valence-electron chi connectivity index (χ2n) is 16.3. The summed E-state index contributed by atoms with van der Waals surface area (Å²) in [6, 6.07) is 0. The molecule has 1 unspecified atom stereocenters. The van der Waals surface area contributed by atoms with E-state index in [9.17, 15) is 19.0 Å². The van der Waals surface area contributed by atoms with Crippen LogP contribution < -0.4 is 0 Å². The quantitative estimate of drug-likeness (QED) is 0.0162. The zero-order chi connectivity index (χ0) is 42.8. The maximum atomic E-state index is 12.6.